The first kappa shape index (κ1) is 27.5. The van der Waals surface area contributed by atoms with Crippen LogP contribution in [0.1, 0.15) is 76.7 Å². The van der Waals surface area contributed by atoms with Crippen molar-refractivity contribution in [3.05, 3.63) is 24.3 Å². The number of nitrogens with one attached hydrogen (secondary N) is 2. The first-order chi connectivity index (χ1) is 17.0. The number of carbonyl (C=O) groups excluding carboxylic acids is 4. The molecular weight excluding hydrogens is 462 g/mol. The Kier molecular flexibility index (Phi) is 9.03. The zero-order valence-electron chi connectivity index (χ0n) is 22.0. The molecule has 0 spiro atoms. The number of amides is 3. The summed E-state index contributed by atoms with van der Waals surface area (Å²) in [6.45, 7) is 7.95. The predicted octanol–water partition coefficient (Wildman–Crippen LogP) is 2.10. The number of likely N-dealkylation sites (tertiary alicyclic amines) is 1. The Morgan fingerprint density at radius 2 is 1.75 bits per heavy atom. The van der Waals surface area contributed by atoms with E-state index in [-0.39, 0.29) is 23.4 Å². The molecule has 2 fully saturated rings. The van der Waals surface area contributed by atoms with Gasteiger partial charge in [-0.05, 0) is 36.5 Å². The van der Waals surface area contributed by atoms with E-state index in [1.807, 2.05) is 27.7 Å². The maximum Gasteiger partial charge on any atom is 0.328 e. The van der Waals surface area contributed by atoms with Gasteiger partial charge in [0.2, 0.25) is 11.8 Å². The Bertz CT molecular complexity index is 942. The number of hydrogen-bond donors (Lipinski definition) is 2. The molecule has 1 aliphatic heterocycles. The van der Waals surface area contributed by atoms with Gasteiger partial charge in [0.25, 0.3) is 5.91 Å². The van der Waals surface area contributed by atoms with Gasteiger partial charge in [-0.3, -0.25) is 19.4 Å². The van der Waals surface area contributed by atoms with E-state index in [1.54, 1.807) is 0 Å². The fourth-order valence-electron chi connectivity index (χ4n) is 5.22. The quantitative estimate of drug-likeness (QED) is 0.547. The maximum absolute atomic E-state index is 13.7. The van der Waals surface area contributed by atoms with Gasteiger partial charge >= 0.3 is 5.97 Å². The summed E-state index contributed by atoms with van der Waals surface area (Å²) >= 11 is 0. The highest BCUT2D eigenvalue weighted by molar-refractivity contribution is 5.97. The standard InChI is InChI=1S/C26H39N5O5/c1-16-11-14-31(20(16)25(35)36-5)24(34)21(26(2,3)4)30-23(33)19(17-9-7-6-8-10-17)29-22(32)18-15-27-12-13-28-18/h12-13,15-17,19-21H,6-11,14H2,1-5H3,(H,29,32)(H,30,33)/t16?,19-,20-,21+/m0/s1. The molecule has 1 aromatic heterocycles. The van der Waals surface area contributed by atoms with Crippen molar-refractivity contribution < 1.29 is 23.9 Å². The third kappa shape index (κ3) is 6.39. The molecule has 198 valence electrons. The van der Waals surface area contributed by atoms with E-state index >= 15 is 0 Å². The lowest BCUT2D eigenvalue weighted by Gasteiger charge is -2.37. The summed E-state index contributed by atoms with van der Waals surface area (Å²) in [5, 5.41) is 5.81. The van der Waals surface area contributed by atoms with Crippen molar-refractivity contribution in [2.24, 2.45) is 17.3 Å². The molecule has 10 heteroatoms. The topological polar surface area (TPSA) is 131 Å². The van der Waals surface area contributed by atoms with Crippen LogP contribution in [0.2, 0.25) is 0 Å². The minimum atomic E-state index is -0.887. The fourth-order valence-corrected chi connectivity index (χ4v) is 5.22. The van der Waals surface area contributed by atoms with Crippen LogP contribution in [0.5, 0.6) is 0 Å². The summed E-state index contributed by atoms with van der Waals surface area (Å²) < 4.78 is 4.96. The van der Waals surface area contributed by atoms with Gasteiger partial charge < -0.3 is 20.3 Å². The molecule has 1 unspecified atom stereocenters. The van der Waals surface area contributed by atoms with Crippen molar-refractivity contribution in [3.8, 4) is 0 Å². The van der Waals surface area contributed by atoms with E-state index in [2.05, 4.69) is 20.6 Å². The Balaban J connectivity index is 1.84. The Morgan fingerprint density at radius 3 is 2.33 bits per heavy atom. The second-order valence-electron chi connectivity index (χ2n) is 11.0. The van der Waals surface area contributed by atoms with Crippen LogP contribution in [0.3, 0.4) is 0 Å². The van der Waals surface area contributed by atoms with Gasteiger partial charge in [-0.15, -0.1) is 0 Å². The first-order valence-corrected chi connectivity index (χ1v) is 12.8. The largest absolute Gasteiger partial charge is 0.467 e. The molecule has 1 saturated carbocycles. The summed E-state index contributed by atoms with van der Waals surface area (Å²) in [6.07, 6.45) is 9.59. The Hall–Kier alpha value is -3.04. The van der Waals surface area contributed by atoms with Gasteiger partial charge in [0.15, 0.2) is 0 Å². The molecule has 0 aromatic carbocycles. The van der Waals surface area contributed by atoms with Gasteiger partial charge in [-0.25, -0.2) is 9.78 Å². The number of carbonyl (C=O) groups is 4. The van der Waals surface area contributed by atoms with Gasteiger partial charge in [0.05, 0.1) is 13.3 Å². The summed E-state index contributed by atoms with van der Waals surface area (Å²) in [5.74, 6) is -1.76. The molecule has 3 rings (SSSR count). The van der Waals surface area contributed by atoms with E-state index in [0.717, 1.165) is 32.1 Å². The minimum Gasteiger partial charge on any atom is -0.467 e. The maximum atomic E-state index is 13.7. The van der Waals surface area contributed by atoms with Crippen LogP contribution in [0.4, 0.5) is 0 Å². The van der Waals surface area contributed by atoms with E-state index in [4.69, 9.17) is 4.74 Å². The van der Waals surface area contributed by atoms with Gasteiger partial charge in [-0.1, -0.05) is 47.0 Å². The van der Waals surface area contributed by atoms with Crippen molar-refractivity contribution in [3.63, 3.8) is 0 Å². The summed E-state index contributed by atoms with van der Waals surface area (Å²) in [5.41, 5.74) is -0.507. The average molecular weight is 502 g/mol. The van der Waals surface area contributed by atoms with E-state index < -0.39 is 41.3 Å². The number of hydrogen-bond acceptors (Lipinski definition) is 7. The zero-order chi connectivity index (χ0) is 26.5. The highest BCUT2D eigenvalue weighted by Gasteiger charge is 2.46. The van der Waals surface area contributed by atoms with Crippen LogP contribution in [0.25, 0.3) is 0 Å². The average Bonchev–Trinajstić information content (AvgIpc) is 3.26. The second-order valence-corrected chi connectivity index (χ2v) is 11.0. The van der Waals surface area contributed by atoms with Crippen LogP contribution >= 0.6 is 0 Å². The molecule has 1 aliphatic carbocycles. The Morgan fingerprint density at radius 1 is 1.06 bits per heavy atom. The molecule has 3 amide bonds. The lowest BCUT2D eigenvalue weighted by molar-refractivity contribution is -0.154. The van der Waals surface area contributed by atoms with Gasteiger partial charge in [0.1, 0.15) is 23.8 Å². The molecule has 1 aromatic rings. The number of esters is 1. The molecule has 36 heavy (non-hydrogen) atoms. The zero-order valence-corrected chi connectivity index (χ0v) is 22.0. The first-order valence-electron chi connectivity index (χ1n) is 12.8. The van der Waals surface area contributed by atoms with Crippen molar-refractivity contribution >= 4 is 23.7 Å². The number of rotatable bonds is 7. The summed E-state index contributed by atoms with van der Waals surface area (Å²) in [4.78, 5) is 62.3. The minimum absolute atomic E-state index is 0.0426. The molecule has 1 saturated heterocycles. The molecule has 2 aliphatic rings. The highest BCUT2D eigenvalue weighted by Crippen LogP contribution is 2.31. The lowest BCUT2D eigenvalue weighted by atomic mass is 9.82. The molecule has 4 atom stereocenters. The molecule has 0 bridgehead atoms. The molecule has 2 heterocycles. The molecule has 0 radical (unpaired) electrons. The van der Waals surface area contributed by atoms with E-state index in [1.165, 1.54) is 30.6 Å². The summed E-state index contributed by atoms with van der Waals surface area (Å²) in [6, 6.07) is -2.39. The highest BCUT2D eigenvalue weighted by atomic mass is 16.5. The number of ether oxygens (including phenoxy) is 1. The van der Waals surface area contributed by atoms with Crippen LogP contribution in [-0.2, 0) is 19.1 Å². The van der Waals surface area contributed by atoms with Crippen LogP contribution in [0.15, 0.2) is 18.6 Å². The van der Waals surface area contributed by atoms with Crippen molar-refractivity contribution in [1.29, 1.82) is 0 Å². The lowest BCUT2D eigenvalue weighted by Crippen LogP contribution is -2.61. The predicted molar refractivity (Wildman–Crippen MR) is 133 cm³/mol. The van der Waals surface area contributed by atoms with Crippen molar-refractivity contribution in [1.82, 2.24) is 25.5 Å². The fraction of sp³-hybridized carbons (Fsp3) is 0.692. The van der Waals surface area contributed by atoms with Crippen LogP contribution in [0, 0.1) is 17.3 Å². The monoisotopic (exact) mass is 501 g/mol. The Labute approximate surface area is 213 Å². The van der Waals surface area contributed by atoms with Crippen LogP contribution in [-0.4, -0.2) is 70.3 Å². The molecule has 2 N–H and O–H groups in total. The SMILES string of the molecule is COC(=O)[C@@H]1C(C)CCN1C(=O)[C@@H](NC(=O)[C@@H](NC(=O)c1cnccn1)C1CCCCC1)C(C)(C)C. The number of nitrogens with zero attached hydrogens (tertiary/aromatic N) is 3. The normalized spacial score (nSPS) is 22.4. The van der Waals surface area contributed by atoms with Gasteiger partial charge in [0, 0.05) is 18.9 Å². The third-order valence-corrected chi connectivity index (χ3v) is 7.31. The number of aromatic nitrogens is 2. The van der Waals surface area contributed by atoms with Crippen molar-refractivity contribution in [2.45, 2.75) is 84.3 Å². The third-order valence-electron chi connectivity index (χ3n) is 7.31. The molecular formula is C26H39N5O5. The molecule has 10 nitrogen and oxygen atoms in total. The van der Waals surface area contributed by atoms with Crippen LogP contribution < -0.4 is 10.6 Å². The summed E-state index contributed by atoms with van der Waals surface area (Å²) in [7, 11) is 1.31. The van der Waals surface area contributed by atoms with E-state index in [9.17, 15) is 19.2 Å². The smallest absolute Gasteiger partial charge is 0.328 e. The second kappa shape index (κ2) is 11.8. The van der Waals surface area contributed by atoms with Crippen molar-refractivity contribution in [2.75, 3.05) is 13.7 Å². The van der Waals surface area contributed by atoms with Gasteiger partial charge in [-0.2, -0.15) is 0 Å². The number of methoxy groups -OCH3 is 1. The van der Waals surface area contributed by atoms with E-state index in [0.29, 0.717) is 13.0 Å².